The molecular weight excluding hydrogens is 222 g/mol. The summed E-state index contributed by atoms with van der Waals surface area (Å²) in [5.74, 6) is 1.75. The van der Waals surface area contributed by atoms with Crippen molar-refractivity contribution in [3.8, 4) is 5.75 Å². The Bertz CT molecular complexity index is 311. The Kier molecular flexibility index (Phi) is 5.64. The van der Waals surface area contributed by atoms with E-state index in [2.05, 4.69) is 29.6 Å². The average Bonchev–Trinajstić information content (AvgIpc) is 2.31. The fraction of sp³-hybridized carbons (Fsp3) is 0.538. The average molecular weight is 242 g/mol. The molecule has 0 aliphatic carbocycles. The van der Waals surface area contributed by atoms with Crippen LogP contribution in [0.2, 0.25) is 0 Å². The zero-order valence-corrected chi connectivity index (χ0v) is 10.6. The van der Waals surface area contributed by atoms with E-state index in [1.54, 1.807) is 0 Å². The minimum Gasteiger partial charge on any atom is -0.494 e. The van der Waals surface area contributed by atoms with Crippen LogP contribution in [0.1, 0.15) is 31.2 Å². The summed E-state index contributed by atoms with van der Waals surface area (Å²) < 4.78 is 5.67. The second kappa shape index (κ2) is 6.77. The molecule has 1 aromatic rings. The zero-order valence-electron chi connectivity index (χ0n) is 9.74. The van der Waals surface area contributed by atoms with Crippen LogP contribution in [0.25, 0.3) is 0 Å². The van der Waals surface area contributed by atoms with Gasteiger partial charge in [-0.2, -0.15) is 0 Å². The quantitative estimate of drug-likeness (QED) is 0.879. The minimum atomic E-state index is 0. The van der Waals surface area contributed by atoms with Gasteiger partial charge in [0.1, 0.15) is 5.75 Å². The van der Waals surface area contributed by atoms with Gasteiger partial charge in [-0.3, -0.25) is 0 Å². The van der Waals surface area contributed by atoms with Crippen LogP contribution >= 0.6 is 12.4 Å². The molecule has 0 amide bonds. The number of hydrogen-bond acceptors (Lipinski definition) is 2. The fourth-order valence-corrected chi connectivity index (χ4v) is 2.24. The molecule has 1 fully saturated rings. The van der Waals surface area contributed by atoms with E-state index in [0.717, 1.165) is 25.4 Å². The molecule has 90 valence electrons. The third-order valence-electron chi connectivity index (χ3n) is 3.00. The number of nitrogens with one attached hydrogen (secondary N) is 1. The molecule has 0 atom stereocenters. The van der Waals surface area contributed by atoms with E-state index in [0.29, 0.717) is 5.92 Å². The van der Waals surface area contributed by atoms with Gasteiger partial charge >= 0.3 is 0 Å². The third-order valence-corrected chi connectivity index (χ3v) is 3.00. The van der Waals surface area contributed by atoms with Crippen LogP contribution in [-0.4, -0.2) is 19.7 Å². The maximum atomic E-state index is 5.67. The third kappa shape index (κ3) is 3.13. The van der Waals surface area contributed by atoms with Crippen molar-refractivity contribution in [3.63, 3.8) is 0 Å². The lowest BCUT2D eigenvalue weighted by Gasteiger charge is -2.24. The maximum absolute atomic E-state index is 5.67. The molecule has 0 saturated carbocycles. The van der Waals surface area contributed by atoms with E-state index in [-0.39, 0.29) is 12.4 Å². The summed E-state index contributed by atoms with van der Waals surface area (Å²) >= 11 is 0. The smallest absolute Gasteiger partial charge is 0.122 e. The van der Waals surface area contributed by atoms with Gasteiger partial charge in [0.05, 0.1) is 6.61 Å². The van der Waals surface area contributed by atoms with Gasteiger partial charge in [0.2, 0.25) is 0 Å². The van der Waals surface area contributed by atoms with Crippen molar-refractivity contribution in [2.45, 2.75) is 25.7 Å². The SMILES string of the molecule is CCOc1ccccc1C1CCNCC1.Cl. The van der Waals surface area contributed by atoms with Gasteiger partial charge in [0.15, 0.2) is 0 Å². The molecule has 0 spiro atoms. The molecule has 1 N–H and O–H groups in total. The number of rotatable bonds is 3. The van der Waals surface area contributed by atoms with Gasteiger partial charge < -0.3 is 10.1 Å². The predicted molar refractivity (Wildman–Crippen MR) is 69.7 cm³/mol. The van der Waals surface area contributed by atoms with E-state index in [1.165, 1.54) is 18.4 Å². The Morgan fingerprint density at radius 2 is 1.94 bits per heavy atom. The number of para-hydroxylation sites is 1. The highest BCUT2D eigenvalue weighted by molar-refractivity contribution is 5.85. The molecule has 1 saturated heterocycles. The molecule has 3 heteroatoms. The number of halogens is 1. The molecular formula is C13H20ClNO. The van der Waals surface area contributed by atoms with E-state index in [1.807, 2.05) is 6.92 Å². The van der Waals surface area contributed by atoms with Crippen LogP contribution in [0.15, 0.2) is 24.3 Å². The van der Waals surface area contributed by atoms with Crippen LogP contribution in [0.4, 0.5) is 0 Å². The lowest BCUT2D eigenvalue weighted by Crippen LogP contribution is -2.26. The molecule has 1 aromatic carbocycles. The summed E-state index contributed by atoms with van der Waals surface area (Å²) in [5.41, 5.74) is 1.39. The van der Waals surface area contributed by atoms with Gasteiger partial charge in [-0.05, 0) is 50.4 Å². The molecule has 1 aliphatic rings. The minimum absolute atomic E-state index is 0. The Morgan fingerprint density at radius 1 is 1.25 bits per heavy atom. The van der Waals surface area contributed by atoms with Crippen LogP contribution in [0.3, 0.4) is 0 Å². The van der Waals surface area contributed by atoms with Crippen molar-refractivity contribution in [3.05, 3.63) is 29.8 Å². The molecule has 0 bridgehead atoms. The van der Waals surface area contributed by atoms with E-state index in [9.17, 15) is 0 Å². The fourth-order valence-electron chi connectivity index (χ4n) is 2.24. The topological polar surface area (TPSA) is 21.3 Å². The van der Waals surface area contributed by atoms with Crippen LogP contribution in [0, 0.1) is 0 Å². The van der Waals surface area contributed by atoms with Gasteiger partial charge in [-0.1, -0.05) is 18.2 Å². The summed E-state index contributed by atoms with van der Waals surface area (Å²) in [7, 11) is 0. The molecule has 2 nitrogen and oxygen atoms in total. The number of benzene rings is 1. The van der Waals surface area contributed by atoms with Crippen molar-refractivity contribution in [1.82, 2.24) is 5.32 Å². The summed E-state index contributed by atoms with van der Waals surface area (Å²) in [4.78, 5) is 0. The van der Waals surface area contributed by atoms with E-state index in [4.69, 9.17) is 4.74 Å². The number of piperidine rings is 1. The van der Waals surface area contributed by atoms with E-state index < -0.39 is 0 Å². The first-order valence-corrected chi connectivity index (χ1v) is 5.84. The highest BCUT2D eigenvalue weighted by Gasteiger charge is 2.18. The molecule has 16 heavy (non-hydrogen) atoms. The maximum Gasteiger partial charge on any atom is 0.122 e. The standard InChI is InChI=1S/C13H19NO.ClH/c1-2-15-13-6-4-3-5-12(13)11-7-9-14-10-8-11;/h3-6,11,14H,2,7-10H2,1H3;1H. The number of ether oxygens (including phenoxy) is 1. The van der Waals surface area contributed by atoms with Crippen molar-refractivity contribution in [1.29, 1.82) is 0 Å². The summed E-state index contributed by atoms with van der Waals surface area (Å²) in [5, 5.41) is 3.40. The lowest BCUT2D eigenvalue weighted by atomic mass is 9.90. The first-order valence-electron chi connectivity index (χ1n) is 5.84. The highest BCUT2D eigenvalue weighted by atomic mass is 35.5. The van der Waals surface area contributed by atoms with Crippen LogP contribution in [-0.2, 0) is 0 Å². The molecule has 0 aromatic heterocycles. The van der Waals surface area contributed by atoms with Crippen molar-refractivity contribution >= 4 is 12.4 Å². The monoisotopic (exact) mass is 241 g/mol. The normalized spacial score (nSPS) is 16.6. The summed E-state index contributed by atoms with van der Waals surface area (Å²) in [6, 6.07) is 8.46. The van der Waals surface area contributed by atoms with Crippen molar-refractivity contribution in [2.75, 3.05) is 19.7 Å². The Balaban J connectivity index is 0.00000128. The van der Waals surface area contributed by atoms with Crippen molar-refractivity contribution in [2.24, 2.45) is 0 Å². The molecule has 0 radical (unpaired) electrons. The van der Waals surface area contributed by atoms with Crippen molar-refractivity contribution < 1.29 is 4.74 Å². The predicted octanol–water partition coefficient (Wildman–Crippen LogP) is 2.97. The molecule has 1 heterocycles. The second-order valence-corrected chi connectivity index (χ2v) is 4.00. The van der Waals surface area contributed by atoms with Gasteiger partial charge in [0, 0.05) is 0 Å². The Labute approximate surface area is 104 Å². The van der Waals surface area contributed by atoms with Gasteiger partial charge in [0.25, 0.3) is 0 Å². The summed E-state index contributed by atoms with van der Waals surface area (Å²) in [6.07, 6.45) is 2.45. The largest absolute Gasteiger partial charge is 0.494 e. The second-order valence-electron chi connectivity index (χ2n) is 4.00. The lowest BCUT2D eigenvalue weighted by molar-refractivity contribution is 0.329. The van der Waals surface area contributed by atoms with Crippen LogP contribution in [0.5, 0.6) is 5.75 Å². The first-order chi connectivity index (χ1) is 7.42. The van der Waals surface area contributed by atoms with Gasteiger partial charge in [-0.15, -0.1) is 12.4 Å². The van der Waals surface area contributed by atoms with Crippen LogP contribution < -0.4 is 10.1 Å². The first kappa shape index (κ1) is 13.3. The highest BCUT2D eigenvalue weighted by Crippen LogP contribution is 2.32. The Morgan fingerprint density at radius 3 is 2.62 bits per heavy atom. The summed E-state index contributed by atoms with van der Waals surface area (Å²) in [6.45, 7) is 5.05. The Hall–Kier alpha value is -0.730. The van der Waals surface area contributed by atoms with Gasteiger partial charge in [-0.25, -0.2) is 0 Å². The number of hydrogen-bond donors (Lipinski definition) is 1. The van der Waals surface area contributed by atoms with E-state index >= 15 is 0 Å². The zero-order chi connectivity index (χ0) is 10.5. The molecule has 0 unspecified atom stereocenters. The molecule has 2 rings (SSSR count). The molecule has 1 aliphatic heterocycles.